The van der Waals surface area contributed by atoms with Crippen LogP contribution in [0.2, 0.25) is 0 Å². The molecule has 1 unspecified atom stereocenters. The summed E-state index contributed by atoms with van der Waals surface area (Å²) in [5.41, 5.74) is 4.82. The number of hydrogen-bond acceptors (Lipinski definition) is 3. The molecule has 6 heteroatoms. The number of hydrogen-bond donors (Lipinski definition) is 2. The lowest BCUT2D eigenvalue weighted by Gasteiger charge is -2.17. The van der Waals surface area contributed by atoms with E-state index in [9.17, 15) is 9.59 Å². The van der Waals surface area contributed by atoms with Crippen molar-refractivity contribution < 1.29 is 9.59 Å². The first kappa shape index (κ1) is 20.5. The van der Waals surface area contributed by atoms with E-state index in [1.54, 1.807) is 30.5 Å². The zero-order valence-electron chi connectivity index (χ0n) is 15.6. The van der Waals surface area contributed by atoms with Crippen molar-refractivity contribution in [1.29, 1.82) is 0 Å². The highest BCUT2D eigenvalue weighted by atomic mass is 79.9. The van der Waals surface area contributed by atoms with E-state index in [1.165, 1.54) is 0 Å². The first-order valence-electron chi connectivity index (χ1n) is 9.10. The van der Waals surface area contributed by atoms with Crippen LogP contribution in [-0.2, 0) is 11.2 Å². The van der Waals surface area contributed by atoms with Gasteiger partial charge in [0, 0.05) is 16.5 Å². The van der Waals surface area contributed by atoms with Crippen molar-refractivity contribution in [3.63, 3.8) is 0 Å². The first-order valence-corrected chi connectivity index (χ1v) is 9.89. The lowest BCUT2D eigenvalue weighted by atomic mass is 10.0. The van der Waals surface area contributed by atoms with Crippen LogP contribution in [-0.4, -0.2) is 24.1 Å². The minimum atomic E-state index is -0.757. The minimum Gasteiger partial charge on any atom is -0.340 e. The Bertz CT molecular complexity index is 974. The van der Waals surface area contributed by atoms with Crippen molar-refractivity contribution in [2.45, 2.75) is 12.5 Å². The lowest BCUT2D eigenvalue weighted by molar-refractivity contribution is -0.122. The quantitative estimate of drug-likeness (QED) is 0.423. The molecule has 0 aliphatic heterocycles. The van der Waals surface area contributed by atoms with Gasteiger partial charge in [-0.1, -0.05) is 76.6 Å². The Morgan fingerprint density at radius 2 is 1.52 bits per heavy atom. The maximum Gasteiger partial charge on any atom is 0.262 e. The summed E-state index contributed by atoms with van der Waals surface area (Å²) in [4.78, 5) is 25.3. The second-order valence-corrected chi connectivity index (χ2v) is 7.28. The summed E-state index contributed by atoms with van der Waals surface area (Å²) >= 11 is 3.38. The monoisotopic (exact) mass is 449 g/mol. The minimum absolute atomic E-state index is 0.307. The average molecular weight is 450 g/mol. The summed E-state index contributed by atoms with van der Waals surface area (Å²) in [6.45, 7) is 0. The molecule has 146 valence electrons. The molecule has 0 fully saturated rings. The molecule has 3 rings (SSSR count). The molecule has 0 bridgehead atoms. The van der Waals surface area contributed by atoms with Crippen LogP contribution >= 0.6 is 15.9 Å². The number of rotatable bonds is 7. The normalized spacial score (nSPS) is 11.8. The summed E-state index contributed by atoms with van der Waals surface area (Å²) in [5, 5.41) is 6.83. The highest BCUT2D eigenvalue weighted by molar-refractivity contribution is 9.10. The molecule has 3 aromatic carbocycles. The topological polar surface area (TPSA) is 70.6 Å². The third-order valence-electron chi connectivity index (χ3n) is 4.20. The fourth-order valence-electron chi connectivity index (χ4n) is 2.69. The lowest BCUT2D eigenvalue weighted by Crippen LogP contribution is -2.46. The first-order chi connectivity index (χ1) is 14.1. The van der Waals surface area contributed by atoms with Crippen molar-refractivity contribution in [3.05, 3.63) is 106 Å². The number of benzene rings is 3. The molecule has 0 aliphatic carbocycles. The second kappa shape index (κ2) is 10.3. The van der Waals surface area contributed by atoms with Crippen LogP contribution < -0.4 is 10.7 Å². The van der Waals surface area contributed by atoms with Crippen LogP contribution in [0.4, 0.5) is 0 Å². The molecule has 0 saturated heterocycles. The molecule has 29 heavy (non-hydrogen) atoms. The largest absolute Gasteiger partial charge is 0.340 e. The molecule has 0 radical (unpaired) electrons. The van der Waals surface area contributed by atoms with Gasteiger partial charge in [-0.05, 0) is 35.4 Å². The van der Waals surface area contributed by atoms with E-state index in [0.717, 1.165) is 15.6 Å². The van der Waals surface area contributed by atoms with E-state index in [2.05, 4.69) is 31.8 Å². The van der Waals surface area contributed by atoms with Crippen LogP contribution in [0.3, 0.4) is 0 Å². The van der Waals surface area contributed by atoms with Gasteiger partial charge in [-0.3, -0.25) is 9.59 Å². The summed E-state index contributed by atoms with van der Waals surface area (Å²) in [7, 11) is 0. The molecule has 1 atom stereocenters. The van der Waals surface area contributed by atoms with Crippen molar-refractivity contribution >= 4 is 34.0 Å². The molecule has 2 N–H and O–H groups in total. The van der Waals surface area contributed by atoms with E-state index in [1.807, 2.05) is 60.7 Å². The number of nitrogens with one attached hydrogen (secondary N) is 2. The Morgan fingerprint density at radius 1 is 0.897 bits per heavy atom. The van der Waals surface area contributed by atoms with Crippen LogP contribution in [0.5, 0.6) is 0 Å². The van der Waals surface area contributed by atoms with Crippen molar-refractivity contribution in [3.8, 4) is 0 Å². The number of halogens is 1. The predicted octanol–water partition coefficient (Wildman–Crippen LogP) is 3.94. The van der Waals surface area contributed by atoms with Crippen molar-refractivity contribution in [2.24, 2.45) is 5.10 Å². The van der Waals surface area contributed by atoms with E-state index in [-0.39, 0.29) is 11.8 Å². The van der Waals surface area contributed by atoms with Gasteiger partial charge in [0.25, 0.3) is 11.8 Å². The van der Waals surface area contributed by atoms with Crippen molar-refractivity contribution in [1.82, 2.24) is 10.7 Å². The van der Waals surface area contributed by atoms with Crippen LogP contribution in [0.25, 0.3) is 0 Å². The van der Waals surface area contributed by atoms with Crippen molar-refractivity contribution in [2.75, 3.05) is 0 Å². The standard InChI is InChI=1S/C23H20BrN3O2/c24-20-13-11-18(12-14-20)16-25-27-23(29)21(15-17-7-3-1-4-8-17)26-22(28)19-9-5-2-6-10-19/h1-14,16,21H,15H2,(H,26,28)(H,27,29). The zero-order chi connectivity index (χ0) is 20.5. The van der Waals surface area contributed by atoms with Gasteiger partial charge >= 0.3 is 0 Å². The Balaban J connectivity index is 1.70. The van der Waals surface area contributed by atoms with Gasteiger partial charge in [-0.25, -0.2) is 5.43 Å². The van der Waals surface area contributed by atoms with Crippen LogP contribution in [0.15, 0.2) is 94.5 Å². The van der Waals surface area contributed by atoms with E-state index < -0.39 is 6.04 Å². The molecule has 2 amide bonds. The molecular weight excluding hydrogens is 430 g/mol. The highest BCUT2D eigenvalue weighted by Gasteiger charge is 2.21. The average Bonchev–Trinajstić information content (AvgIpc) is 2.76. The molecule has 0 saturated carbocycles. The smallest absolute Gasteiger partial charge is 0.262 e. The van der Waals surface area contributed by atoms with Gasteiger partial charge in [0.05, 0.1) is 6.21 Å². The molecule has 0 aromatic heterocycles. The molecular formula is C23H20BrN3O2. The molecule has 5 nitrogen and oxygen atoms in total. The number of carbonyl (C=O) groups excluding carboxylic acids is 2. The van der Waals surface area contributed by atoms with E-state index >= 15 is 0 Å². The summed E-state index contributed by atoms with van der Waals surface area (Å²) in [6, 6.07) is 25.1. The van der Waals surface area contributed by atoms with Gasteiger partial charge < -0.3 is 5.32 Å². The zero-order valence-corrected chi connectivity index (χ0v) is 17.2. The third kappa shape index (κ3) is 6.40. The van der Waals surface area contributed by atoms with Gasteiger partial charge in [-0.2, -0.15) is 5.10 Å². The van der Waals surface area contributed by atoms with Gasteiger partial charge in [-0.15, -0.1) is 0 Å². The molecule has 0 spiro atoms. The fraction of sp³-hybridized carbons (Fsp3) is 0.0870. The SMILES string of the molecule is O=C(NC(Cc1ccccc1)C(=O)NN=Cc1ccc(Br)cc1)c1ccccc1. The van der Waals surface area contributed by atoms with E-state index in [4.69, 9.17) is 0 Å². The van der Waals surface area contributed by atoms with Gasteiger partial charge in [0.1, 0.15) is 6.04 Å². The van der Waals surface area contributed by atoms with Gasteiger partial charge in [0.2, 0.25) is 0 Å². The Labute approximate surface area is 178 Å². The Hall–Kier alpha value is -3.25. The maximum atomic E-state index is 12.7. The highest BCUT2D eigenvalue weighted by Crippen LogP contribution is 2.09. The van der Waals surface area contributed by atoms with Crippen LogP contribution in [0, 0.1) is 0 Å². The second-order valence-electron chi connectivity index (χ2n) is 6.37. The Kier molecular flexibility index (Phi) is 7.30. The number of nitrogens with zero attached hydrogens (tertiary/aromatic N) is 1. The summed E-state index contributed by atoms with van der Waals surface area (Å²) in [5.74, 6) is -0.690. The number of hydrazone groups is 1. The van der Waals surface area contributed by atoms with Gasteiger partial charge in [0.15, 0.2) is 0 Å². The third-order valence-corrected chi connectivity index (χ3v) is 4.73. The fourth-order valence-corrected chi connectivity index (χ4v) is 2.95. The summed E-state index contributed by atoms with van der Waals surface area (Å²) in [6.07, 6.45) is 1.92. The molecule has 3 aromatic rings. The summed E-state index contributed by atoms with van der Waals surface area (Å²) < 4.78 is 0.963. The molecule has 0 heterocycles. The number of amides is 2. The van der Waals surface area contributed by atoms with Crippen LogP contribution in [0.1, 0.15) is 21.5 Å². The maximum absolute atomic E-state index is 12.7. The molecule has 0 aliphatic rings. The number of carbonyl (C=O) groups is 2. The Morgan fingerprint density at radius 3 is 2.17 bits per heavy atom. The van der Waals surface area contributed by atoms with E-state index in [0.29, 0.717) is 12.0 Å². The predicted molar refractivity (Wildman–Crippen MR) is 118 cm³/mol.